The Morgan fingerprint density at radius 2 is 2.26 bits per heavy atom. The maximum Gasteiger partial charge on any atom is 0.0561 e. The number of pyridine rings is 2. The molecular formula is C15H18N4. The van der Waals surface area contributed by atoms with E-state index in [0.29, 0.717) is 5.92 Å². The molecule has 2 aromatic rings. The maximum atomic E-state index is 5.81. The number of hydrogen-bond acceptors (Lipinski definition) is 4. The lowest BCUT2D eigenvalue weighted by atomic mass is 9.90. The third-order valence-electron chi connectivity index (χ3n) is 4.00. The summed E-state index contributed by atoms with van der Waals surface area (Å²) in [5, 5.41) is 0. The molecule has 2 atom stereocenters. The van der Waals surface area contributed by atoms with Gasteiger partial charge in [-0.1, -0.05) is 6.07 Å². The number of nitrogens with two attached hydrogens (primary N) is 1. The summed E-state index contributed by atoms with van der Waals surface area (Å²) >= 11 is 0. The fourth-order valence-corrected chi connectivity index (χ4v) is 2.99. The second kappa shape index (κ2) is 5.07. The summed E-state index contributed by atoms with van der Waals surface area (Å²) in [6.07, 6.45) is 7.73. The van der Waals surface area contributed by atoms with Crippen molar-refractivity contribution in [2.24, 2.45) is 5.84 Å². The molecule has 0 saturated carbocycles. The van der Waals surface area contributed by atoms with Gasteiger partial charge in [-0.2, -0.15) is 0 Å². The Kier molecular flexibility index (Phi) is 3.27. The Morgan fingerprint density at radius 1 is 1.37 bits per heavy atom. The van der Waals surface area contributed by atoms with E-state index in [0.717, 1.165) is 18.4 Å². The van der Waals surface area contributed by atoms with Crippen LogP contribution in [0, 0.1) is 6.92 Å². The van der Waals surface area contributed by atoms with Gasteiger partial charge in [-0.25, -0.2) is 0 Å². The molecule has 2 unspecified atom stereocenters. The molecule has 2 heterocycles. The van der Waals surface area contributed by atoms with Gasteiger partial charge in [0.15, 0.2) is 0 Å². The van der Waals surface area contributed by atoms with Crippen molar-refractivity contribution in [3.05, 3.63) is 59.2 Å². The van der Waals surface area contributed by atoms with Crippen LogP contribution in [0.4, 0.5) is 0 Å². The van der Waals surface area contributed by atoms with E-state index in [9.17, 15) is 0 Å². The standard InChI is InChI=1S/C15H18N4/c1-10-6-8-17-9-13(10)15(19-16)12-5-4-11-3-2-7-18-14(11)12/h2-3,6-9,12,15,19H,4-5,16H2,1H3. The minimum atomic E-state index is 0.0739. The van der Waals surface area contributed by atoms with E-state index in [4.69, 9.17) is 5.84 Å². The highest BCUT2D eigenvalue weighted by atomic mass is 15.2. The van der Waals surface area contributed by atoms with Gasteiger partial charge in [0.1, 0.15) is 0 Å². The minimum Gasteiger partial charge on any atom is -0.271 e. The van der Waals surface area contributed by atoms with Crippen molar-refractivity contribution in [3.63, 3.8) is 0 Å². The summed E-state index contributed by atoms with van der Waals surface area (Å²) < 4.78 is 0. The van der Waals surface area contributed by atoms with Crippen LogP contribution in [0.15, 0.2) is 36.8 Å². The van der Waals surface area contributed by atoms with E-state index in [1.165, 1.54) is 16.8 Å². The number of hydrazine groups is 1. The molecule has 0 aromatic carbocycles. The highest BCUT2D eigenvalue weighted by Gasteiger charge is 2.32. The smallest absolute Gasteiger partial charge is 0.0561 e. The predicted molar refractivity (Wildman–Crippen MR) is 74.3 cm³/mol. The van der Waals surface area contributed by atoms with Crippen LogP contribution >= 0.6 is 0 Å². The van der Waals surface area contributed by atoms with Gasteiger partial charge < -0.3 is 0 Å². The molecule has 98 valence electrons. The van der Waals surface area contributed by atoms with Crippen LogP contribution in [0.2, 0.25) is 0 Å². The number of aromatic nitrogens is 2. The molecule has 0 spiro atoms. The lowest BCUT2D eigenvalue weighted by Crippen LogP contribution is -2.32. The molecule has 0 bridgehead atoms. The van der Waals surface area contributed by atoms with E-state index in [1.807, 2.05) is 30.7 Å². The van der Waals surface area contributed by atoms with Crippen molar-refractivity contribution < 1.29 is 0 Å². The molecule has 0 saturated heterocycles. The second-order valence-corrected chi connectivity index (χ2v) is 5.07. The Hall–Kier alpha value is -1.78. The van der Waals surface area contributed by atoms with Crippen molar-refractivity contribution in [2.75, 3.05) is 0 Å². The van der Waals surface area contributed by atoms with Gasteiger partial charge in [-0.05, 0) is 48.6 Å². The molecule has 1 aliphatic carbocycles. The quantitative estimate of drug-likeness (QED) is 0.649. The number of rotatable bonds is 3. The summed E-state index contributed by atoms with van der Waals surface area (Å²) in [6, 6.07) is 6.26. The lowest BCUT2D eigenvalue weighted by Gasteiger charge is -2.24. The van der Waals surface area contributed by atoms with Gasteiger partial charge >= 0.3 is 0 Å². The van der Waals surface area contributed by atoms with Gasteiger partial charge in [-0.15, -0.1) is 0 Å². The Morgan fingerprint density at radius 3 is 3.05 bits per heavy atom. The third kappa shape index (κ3) is 2.13. The van der Waals surface area contributed by atoms with Crippen LogP contribution in [0.1, 0.15) is 40.8 Å². The topological polar surface area (TPSA) is 63.8 Å². The van der Waals surface area contributed by atoms with E-state index < -0.39 is 0 Å². The molecule has 0 aliphatic heterocycles. The first kappa shape index (κ1) is 12.3. The molecule has 2 aromatic heterocycles. The van der Waals surface area contributed by atoms with Crippen molar-refractivity contribution in [2.45, 2.75) is 31.7 Å². The first-order valence-electron chi connectivity index (χ1n) is 6.61. The maximum absolute atomic E-state index is 5.81. The first-order chi connectivity index (χ1) is 9.31. The zero-order valence-corrected chi connectivity index (χ0v) is 11.0. The van der Waals surface area contributed by atoms with Gasteiger partial charge in [0, 0.05) is 30.2 Å². The molecule has 0 radical (unpaired) electrons. The second-order valence-electron chi connectivity index (χ2n) is 5.07. The van der Waals surface area contributed by atoms with Crippen LogP contribution < -0.4 is 11.3 Å². The molecule has 1 aliphatic rings. The number of fused-ring (bicyclic) bond motifs is 1. The van der Waals surface area contributed by atoms with Crippen LogP contribution in [0.3, 0.4) is 0 Å². The summed E-state index contributed by atoms with van der Waals surface area (Å²) in [7, 11) is 0. The van der Waals surface area contributed by atoms with Crippen LogP contribution in [0.5, 0.6) is 0 Å². The molecule has 4 nitrogen and oxygen atoms in total. The molecular weight excluding hydrogens is 236 g/mol. The number of aryl methyl sites for hydroxylation is 2. The average Bonchev–Trinajstić information content (AvgIpc) is 2.86. The largest absolute Gasteiger partial charge is 0.271 e. The molecule has 3 rings (SSSR count). The van der Waals surface area contributed by atoms with Crippen molar-refractivity contribution in [3.8, 4) is 0 Å². The molecule has 0 fully saturated rings. The van der Waals surface area contributed by atoms with E-state index in [-0.39, 0.29) is 6.04 Å². The van der Waals surface area contributed by atoms with E-state index in [2.05, 4.69) is 28.4 Å². The Labute approximate surface area is 113 Å². The van der Waals surface area contributed by atoms with E-state index in [1.54, 1.807) is 0 Å². The fourth-order valence-electron chi connectivity index (χ4n) is 2.99. The molecule has 19 heavy (non-hydrogen) atoms. The fraction of sp³-hybridized carbons (Fsp3) is 0.333. The number of nitrogens with zero attached hydrogens (tertiary/aromatic N) is 2. The predicted octanol–water partition coefficient (Wildman–Crippen LogP) is 2.02. The molecule has 4 heteroatoms. The average molecular weight is 254 g/mol. The summed E-state index contributed by atoms with van der Waals surface area (Å²) in [5.41, 5.74) is 7.85. The van der Waals surface area contributed by atoms with Crippen LogP contribution in [-0.2, 0) is 6.42 Å². The Balaban J connectivity index is 1.99. The Bertz CT molecular complexity index is 582. The molecule has 3 N–H and O–H groups in total. The van der Waals surface area contributed by atoms with Gasteiger partial charge in [-0.3, -0.25) is 21.2 Å². The van der Waals surface area contributed by atoms with Gasteiger partial charge in [0.2, 0.25) is 0 Å². The highest BCUT2D eigenvalue weighted by Crippen LogP contribution is 2.40. The SMILES string of the molecule is Cc1ccncc1C(NN)C1CCc2cccnc21. The highest BCUT2D eigenvalue weighted by molar-refractivity contribution is 5.35. The van der Waals surface area contributed by atoms with Gasteiger partial charge in [0.25, 0.3) is 0 Å². The van der Waals surface area contributed by atoms with Gasteiger partial charge in [0.05, 0.1) is 6.04 Å². The summed E-state index contributed by atoms with van der Waals surface area (Å²) in [5.74, 6) is 6.13. The zero-order chi connectivity index (χ0) is 13.2. The first-order valence-corrected chi connectivity index (χ1v) is 6.61. The zero-order valence-electron chi connectivity index (χ0n) is 11.0. The van der Waals surface area contributed by atoms with Crippen molar-refractivity contribution in [1.29, 1.82) is 0 Å². The summed E-state index contributed by atoms with van der Waals surface area (Å²) in [4.78, 5) is 8.77. The third-order valence-corrected chi connectivity index (χ3v) is 4.00. The minimum absolute atomic E-state index is 0.0739. The van der Waals surface area contributed by atoms with Crippen LogP contribution in [-0.4, -0.2) is 9.97 Å². The lowest BCUT2D eigenvalue weighted by molar-refractivity contribution is 0.444. The number of hydrogen-bond donors (Lipinski definition) is 2. The van der Waals surface area contributed by atoms with Crippen molar-refractivity contribution in [1.82, 2.24) is 15.4 Å². The van der Waals surface area contributed by atoms with Crippen molar-refractivity contribution >= 4 is 0 Å². The van der Waals surface area contributed by atoms with Crippen LogP contribution in [0.25, 0.3) is 0 Å². The normalized spacial score (nSPS) is 19.2. The summed E-state index contributed by atoms with van der Waals surface area (Å²) in [6.45, 7) is 2.09. The van der Waals surface area contributed by atoms with E-state index >= 15 is 0 Å². The number of nitrogens with one attached hydrogen (secondary N) is 1. The monoisotopic (exact) mass is 254 g/mol. The molecule has 0 amide bonds.